The third-order valence-corrected chi connectivity index (χ3v) is 5.29. The summed E-state index contributed by atoms with van der Waals surface area (Å²) in [6.07, 6.45) is 1.75. The molecule has 0 amide bonds. The number of anilines is 2. The number of halogens is 4. The second kappa shape index (κ2) is 7.13. The van der Waals surface area contributed by atoms with Crippen molar-refractivity contribution in [1.29, 1.82) is 0 Å². The number of aromatic nitrogens is 3. The highest BCUT2D eigenvalue weighted by atomic mass is 19.3. The summed E-state index contributed by atoms with van der Waals surface area (Å²) in [7, 11) is 0. The average molecular weight is 405 g/mol. The van der Waals surface area contributed by atoms with E-state index in [0.717, 1.165) is 17.8 Å². The van der Waals surface area contributed by atoms with E-state index >= 15 is 0 Å². The lowest BCUT2D eigenvalue weighted by atomic mass is 9.86. The van der Waals surface area contributed by atoms with Gasteiger partial charge in [-0.15, -0.1) is 0 Å². The Morgan fingerprint density at radius 3 is 2.52 bits per heavy atom. The maximum Gasteiger partial charge on any atom is 0.279 e. The summed E-state index contributed by atoms with van der Waals surface area (Å²) in [5.74, 6) is -5.95. The molecule has 0 aliphatic carbocycles. The Morgan fingerprint density at radius 1 is 1.07 bits per heavy atom. The van der Waals surface area contributed by atoms with Crippen LogP contribution < -0.4 is 10.6 Å². The number of alkyl halides is 2. The van der Waals surface area contributed by atoms with Gasteiger partial charge in [-0.3, -0.25) is 4.98 Å². The van der Waals surface area contributed by atoms with Crippen molar-refractivity contribution in [3.8, 4) is 0 Å². The highest BCUT2D eigenvalue weighted by Crippen LogP contribution is 2.43. The van der Waals surface area contributed by atoms with E-state index in [9.17, 15) is 17.6 Å². The van der Waals surface area contributed by atoms with Gasteiger partial charge in [0.25, 0.3) is 5.92 Å². The molecule has 0 radical (unpaired) electrons. The predicted molar refractivity (Wildman–Crippen MR) is 102 cm³/mol. The minimum atomic E-state index is -3.47. The highest BCUT2D eigenvalue weighted by Gasteiger charge is 2.45. The van der Waals surface area contributed by atoms with Crippen molar-refractivity contribution in [2.45, 2.75) is 25.7 Å². The Kier molecular flexibility index (Phi) is 4.76. The first-order valence-corrected chi connectivity index (χ1v) is 9.24. The molecule has 1 saturated heterocycles. The van der Waals surface area contributed by atoms with Crippen LogP contribution in [0.15, 0.2) is 30.5 Å². The molecular formula is C20H19F4N5. The Balaban J connectivity index is 1.55. The molecule has 152 valence electrons. The van der Waals surface area contributed by atoms with Crippen molar-refractivity contribution in [2.75, 3.05) is 23.7 Å². The van der Waals surface area contributed by atoms with Crippen LogP contribution in [-0.2, 0) is 5.92 Å². The minimum absolute atomic E-state index is 0.0776. The number of rotatable bonds is 3. The van der Waals surface area contributed by atoms with Crippen LogP contribution in [0.4, 0.5) is 29.2 Å². The molecular weight excluding hydrogens is 386 g/mol. The van der Waals surface area contributed by atoms with Gasteiger partial charge in [0, 0.05) is 24.7 Å². The fraction of sp³-hybridized carbons (Fsp3) is 0.350. The summed E-state index contributed by atoms with van der Waals surface area (Å²) in [4.78, 5) is 14.8. The molecule has 0 saturated carbocycles. The van der Waals surface area contributed by atoms with Crippen molar-refractivity contribution in [3.05, 3.63) is 53.4 Å². The van der Waals surface area contributed by atoms with Gasteiger partial charge in [-0.2, -0.15) is 0 Å². The van der Waals surface area contributed by atoms with E-state index in [1.807, 2.05) is 6.92 Å². The Hall–Kier alpha value is -2.97. The number of hydrogen-bond donors (Lipinski definition) is 1. The van der Waals surface area contributed by atoms with E-state index in [-0.39, 0.29) is 31.7 Å². The molecule has 1 aliphatic rings. The number of aryl methyl sites for hydroxylation is 1. The number of hydrogen-bond acceptors (Lipinski definition) is 5. The van der Waals surface area contributed by atoms with Crippen LogP contribution in [0.5, 0.6) is 0 Å². The number of fused-ring (bicyclic) bond motifs is 1. The van der Waals surface area contributed by atoms with Gasteiger partial charge in [-0.05, 0) is 44.0 Å². The first-order chi connectivity index (χ1) is 13.8. The zero-order valence-corrected chi connectivity index (χ0v) is 15.7. The normalized spacial score (nSPS) is 15.8. The first-order valence-electron chi connectivity index (χ1n) is 9.24. The number of nitrogens with two attached hydrogens (primary N) is 1. The molecule has 0 bridgehead atoms. The number of pyridine rings is 1. The molecule has 0 atom stereocenters. The molecule has 2 N–H and O–H groups in total. The van der Waals surface area contributed by atoms with E-state index in [1.54, 1.807) is 17.2 Å². The summed E-state index contributed by atoms with van der Waals surface area (Å²) < 4.78 is 57.0. The van der Waals surface area contributed by atoms with E-state index in [1.165, 1.54) is 0 Å². The first kappa shape index (κ1) is 19.4. The maximum atomic E-state index is 14.9. The lowest BCUT2D eigenvalue weighted by Crippen LogP contribution is -2.40. The van der Waals surface area contributed by atoms with Gasteiger partial charge in [0.1, 0.15) is 17.2 Å². The summed E-state index contributed by atoms with van der Waals surface area (Å²) in [6.45, 7) is 2.33. The number of nitrogens with zero attached hydrogens (tertiary/aromatic N) is 4. The van der Waals surface area contributed by atoms with Crippen molar-refractivity contribution in [1.82, 2.24) is 15.0 Å². The van der Waals surface area contributed by atoms with Gasteiger partial charge in [0.05, 0.1) is 17.3 Å². The monoisotopic (exact) mass is 405 g/mol. The zero-order chi connectivity index (χ0) is 20.8. The smallest absolute Gasteiger partial charge is 0.279 e. The number of nitrogen functional groups attached to an aromatic ring is 1. The Labute approximate surface area is 164 Å². The molecule has 2 aromatic heterocycles. The SMILES string of the molecule is Cc1cc2nc(N)c(N3CCC(C(F)(F)c4cc(F)ccc4F)CC3)nc2cn1. The third-order valence-electron chi connectivity index (χ3n) is 5.29. The fourth-order valence-corrected chi connectivity index (χ4v) is 3.72. The van der Waals surface area contributed by atoms with Crippen molar-refractivity contribution in [3.63, 3.8) is 0 Å². The lowest BCUT2D eigenvalue weighted by Gasteiger charge is -2.36. The van der Waals surface area contributed by atoms with Gasteiger partial charge in [-0.1, -0.05) is 0 Å². The average Bonchev–Trinajstić information content (AvgIpc) is 2.69. The van der Waals surface area contributed by atoms with Gasteiger partial charge < -0.3 is 10.6 Å². The van der Waals surface area contributed by atoms with Gasteiger partial charge in [-0.25, -0.2) is 27.5 Å². The molecule has 3 heterocycles. The highest BCUT2D eigenvalue weighted by molar-refractivity contribution is 5.79. The molecule has 1 fully saturated rings. The Bertz CT molecular complexity index is 1060. The van der Waals surface area contributed by atoms with E-state index < -0.39 is 29.0 Å². The van der Waals surface area contributed by atoms with Crippen LogP contribution in [-0.4, -0.2) is 28.0 Å². The number of piperidine rings is 1. The Morgan fingerprint density at radius 2 is 1.79 bits per heavy atom. The van der Waals surface area contributed by atoms with Crippen LogP contribution in [0.25, 0.3) is 11.0 Å². The van der Waals surface area contributed by atoms with Crippen LogP contribution in [0.2, 0.25) is 0 Å². The third kappa shape index (κ3) is 3.56. The van der Waals surface area contributed by atoms with E-state index in [0.29, 0.717) is 22.9 Å². The minimum Gasteiger partial charge on any atom is -0.381 e. The molecule has 1 aromatic carbocycles. The van der Waals surface area contributed by atoms with E-state index in [2.05, 4.69) is 15.0 Å². The van der Waals surface area contributed by atoms with Crippen LogP contribution in [0.1, 0.15) is 24.1 Å². The van der Waals surface area contributed by atoms with Crippen LogP contribution >= 0.6 is 0 Å². The lowest BCUT2D eigenvalue weighted by molar-refractivity contribution is -0.0763. The molecule has 4 rings (SSSR count). The fourth-order valence-electron chi connectivity index (χ4n) is 3.72. The predicted octanol–water partition coefficient (Wildman–Crippen LogP) is 4.20. The van der Waals surface area contributed by atoms with Crippen molar-refractivity contribution >= 4 is 22.7 Å². The van der Waals surface area contributed by atoms with Gasteiger partial charge >= 0.3 is 0 Å². The molecule has 9 heteroatoms. The second-order valence-corrected chi connectivity index (χ2v) is 7.26. The molecule has 29 heavy (non-hydrogen) atoms. The molecule has 0 spiro atoms. The van der Waals surface area contributed by atoms with Crippen molar-refractivity contribution in [2.24, 2.45) is 5.92 Å². The summed E-state index contributed by atoms with van der Waals surface area (Å²) in [5, 5.41) is 0. The maximum absolute atomic E-state index is 14.9. The topological polar surface area (TPSA) is 67.9 Å². The molecule has 1 aliphatic heterocycles. The van der Waals surface area contributed by atoms with Gasteiger partial charge in [0.15, 0.2) is 11.6 Å². The zero-order valence-electron chi connectivity index (χ0n) is 15.7. The van der Waals surface area contributed by atoms with E-state index in [4.69, 9.17) is 5.73 Å². The molecule has 3 aromatic rings. The molecule has 0 unspecified atom stereocenters. The van der Waals surface area contributed by atoms with Crippen LogP contribution in [0.3, 0.4) is 0 Å². The largest absolute Gasteiger partial charge is 0.381 e. The molecule has 5 nitrogen and oxygen atoms in total. The summed E-state index contributed by atoms with van der Waals surface area (Å²) in [5.41, 5.74) is 7.10. The van der Waals surface area contributed by atoms with Crippen LogP contribution in [0, 0.1) is 24.5 Å². The summed E-state index contributed by atoms with van der Waals surface area (Å²) in [6, 6.07) is 3.90. The summed E-state index contributed by atoms with van der Waals surface area (Å²) >= 11 is 0. The second-order valence-electron chi connectivity index (χ2n) is 7.26. The quantitative estimate of drug-likeness (QED) is 0.662. The number of benzene rings is 1. The van der Waals surface area contributed by atoms with Gasteiger partial charge in [0.2, 0.25) is 0 Å². The standard InChI is InChI=1S/C20H19F4N5/c1-11-8-16-17(10-26-11)28-19(18(25)27-16)29-6-4-12(5-7-29)20(23,24)14-9-13(21)2-3-15(14)22/h2-3,8-10,12H,4-7H2,1H3,(H2,25,27). The van der Waals surface area contributed by atoms with Crippen molar-refractivity contribution < 1.29 is 17.6 Å².